The van der Waals surface area contributed by atoms with Crippen molar-refractivity contribution in [1.29, 1.82) is 0 Å². The van der Waals surface area contributed by atoms with Crippen molar-refractivity contribution >= 4 is 17.5 Å². The zero-order chi connectivity index (χ0) is 12.5. The minimum absolute atomic E-state index is 0.114. The summed E-state index contributed by atoms with van der Waals surface area (Å²) in [5.41, 5.74) is 0.701. The average Bonchev–Trinajstić information content (AvgIpc) is 2.85. The van der Waals surface area contributed by atoms with Gasteiger partial charge in [-0.05, 0) is 49.5 Å². The van der Waals surface area contributed by atoms with Gasteiger partial charge in [0.1, 0.15) is 0 Å². The van der Waals surface area contributed by atoms with Crippen molar-refractivity contribution in [2.24, 2.45) is 11.8 Å². The maximum absolute atomic E-state index is 12.4. The maximum Gasteiger partial charge on any atom is 0.253 e. The summed E-state index contributed by atoms with van der Waals surface area (Å²) in [4.78, 5) is 14.4. The molecule has 0 radical (unpaired) electrons. The molecule has 2 saturated heterocycles. The van der Waals surface area contributed by atoms with Gasteiger partial charge in [0.15, 0.2) is 0 Å². The zero-order valence-corrected chi connectivity index (χ0v) is 11.0. The van der Waals surface area contributed by atoms with Crippen molar-refractivity contribution in [2.45, 2.75) is 6.42 Å². The Labute approximate surface area is 112 Å². The number of likely N-dealkylation sites (tertiary alicyclic amines) is 1. The number of carbonyl (C=O) groups is 1. The van der Waals surface area contributed by atoms with Crippen molar-refractivity contribution in [1.82, 2.24) is 10.2 Å². The highest BCUT2D eigenvalue weighted by Gasteiger charge is 2.34. The summed E-state index contributed by atoms with van der Waals surface area (Å²) in [7, 11) is 0. The lowest BCUT2D eigenvalue weighted by atomic mass is 9.88. The van der Waals surface area contributed by atoms with Crippen LogP contribution in [0.4, 0.5) is 0 Å². The van der Waals surface area contributed by atoms with Crippen LogP contribution in [0.15, 0.2) is 24.3 Å². The first-order chi connectivity index (χ1) is 8.74. The van der Waals surface area contributed by atoms with Crippen LogP contribution in [0.3, 0.4) is 0 Å². The van der Waals surface area contributed by atoms with E-state index in [1.165, 1.54) is 0 Å². The van der Waals surface area contributed by atoms with Gasteiger partial charge in [0, 0.05) is 23.7 Å². The fourth-order valence-electron chi connectivity index (χ4n) is 3.02. The number of hydrogen-bond donors (Lipinski definition) is 1. The van der Waals surface area contributed by atoms with Crippen molar-refractivity contribution in [3.63, 3.8) is 0 Å². The van der Waals surface area contributed by atoms with E-state index >= 15 is 0 Å². The Morgan fingerprint density at radius 2 is 2.17 bits per heavy atom. The van der Waals surface area contributed by atoms with Gasteiger partial charge >= 0.3 is 0 Å². The maximum atomic E-state index is 12.4. The molecule has 0 spiro atoms. The van der Waals surface area contributed by atoms with Gasteiger partial charge in [0.25, 0.3) is 5.91 Å². The molecule has 0 saturated carbocycles. The molecule has 0 aromatic heterocycles. The smallest absolute Gasteiger partial charge is 0.253 e. The predicted octanol–water partition coefficient (Wildman–Crippen LogP) is 2.02. The Morgan fingerprint density at radius 3 is 3.00 bits per heavy atom. The third-order valence-corrected chi connectivity index (χ3v) is 4.30. The fraction of sp³-hybridized carbons (Fsp3) is 0.500. The molecule has 2 atom stereocenters. The van der Waals surface area contributed by atoms with Crippen molar-refractivity contribution in [3.05, 3.63) is 34.9 Å². The van der Waals surface area contributed by atoms with E-state index in [1.807, 2.05) is 17.0 Å². The molecule has 3 nitrogen and oxygen atoms in total. The molecule has 0 aliphatic carbocycles. The molecular weight excluding hydrogens is 248 g/mol. The highest BCUT2D eigenvalue weighted by Crippen LogP contribution is 2.27. The van der Waals surface area contributed by atoms with Gasteiger partial charge < -0.3 is 10.2 Å². The molecule has 1 aromatic rings. The zero-order valence-electron chi connectivity index (χ0n) is 10.2. The van der Waals surface area contributed by atoms with E-state index in [0.29, 0.717) is 16.5 Å². The van der Waals surface area contributed by atoms with Crippen molar-refractivity contribution in [2.75, 3.05) is 26.2 Å². The van der Waals surface area contributed by atoms with Gasteiger partial charge in [-0.1, -0.05) is 17.7 Å². The normalized spacial score (nSPS) is 27.1. The van der Waals surface area contributed by atoms with Crippen LogP contribution in [0, 0.1) is 11.8 Å². The number of halogens is 1. The summed E-state index contributed by atoms with van der Waals surface area (Å²) in [6.07, 6.45) is 1.12. The Hall–Kier alpha value is -1.06. The summed E-state index contributed by atoms with van der Waals surface area (Å²) < 4.78 is 0. The Bertz CT molecular complexity index is 463. The van der Waals surface area contributed by atoms with Gasteiger partial charge in [-0.25, -0.2) is 0 Å². The number of benzene rings is 1. The second kappa shape index (κ2) is 4.90. The van der Waals surface area contributed by atoms with Crippen molar-refractivity contribution in [3.8, 4) is 0 Å². The first-order valence-electron chi connectivity index (χ1n) is 6.49. The molecule has 1 aromatic carbocycles. The number of nitrogens with zero attached hydrogens (tertiary/aromatic N) is 1. The van der Waals surface area contributed by atoms with Crippen LogP contribution in [0.5, 0.6) is 0 Å². The SMILES string of the molecule is O=C(c1cccc(Cl)c1)N1CC[C@@H]2CNC[C@H]2C1. The minimum atomic E-state index is 0.114. The molecule has 2 fully saturated rings. The molecule has 4 heteroatoms. The summed E-state index contributed by atoms with van der Waals surface area (Å²) in [6.45, 7) is 3.91. The van der Waals surface area contributed by atoms with Crippen LogP contribution in [0.25, 0.3) is 0 Å². The first kappa shape index (κ1) is 12.0. The number of nitrogens with one attached hydrogen (secondary N) is 1. The fourth-order valence-corrected chi connectivity index (χ4v) is 3.21. The van der Waals surface area contributed by atoms with Gasteiger partial charge in [-0.3, -0.25) is 4.79 Å². The molecule has 1 N–H and O–H groups in total. The summed E-state index contributed by atoms with van der Waals surface area (Å²) >= 11 is 5.94. The number of amides is 1. The van der Waals surface area contributed by atoms with E-state index in [-0.39, 0.29) is 5.91 Å². The number of hydrogen-bond acceptors (Lipinski definition) is 2. The third-order valence-electron chi connectivity index (χ3n) is 4.06. The Kier molecular flexibility index (Phi) is 3.27. The monoisotopic (exact) mass is 264 g/mol. The molecule has 3 rings (SSSR count). The second-order valence-electron chi connectivity index (χ2n) is 5.23. The lowest BCUT2D eigenvalue weighted by molar-refractivity contribution is 0.0642. The summed E-state index contributed by atoms with van der Waals surface area (Å²) in [5, 5.41) is 4.04. The number of carbonyl (C=O) groups excluding carboxylic acids is 1. The van der Waals surface area contributed by atoms with E-state index in [4.69, 9.17) is 11.6 Å². The van der Waals surface area contributed by atoms with E-state index < -0.39 is 0 Å². The van der Waals surface area contributed by atoms with Crippen molar-refractivity contribution < 1.29 is 4.79 Å². The highest BCUT2D eigenvalue weighted by molar-refractivity contribution is 6.30. The first-order valence-corrected chi connectivity index (χ1v) is 6.87. The van der Waals surface area contributed by atoms with E-state index in [1.54, 1.807) is 12.1 Å². The third kappa shape index (κ3) is 2.25. The molecule has 0 unspecified atom stereocenters. The van der Waals surface area contributed by atoms with Crippen LogP contribution < -0.4 is 5.32 Å². The molecule has 96 valence electrons. The minimum Gasteiger partial charge on any atom is -0.338 e. The van der Waals surface area contributed by atoms with Gasteiger partial charge in [0.2, 0.25) is 0 Å². The average molecular weight is 265 g/mol. The van der Waals surface area contributed by atoms with E-state index in [0.717, 1.165) is 38.5 Å². The standard InChI is InChI=1S/C14H17ClN2O/c15-13-3-1-2-10(6-13)14(18)17-5-4-11-7-16-8-12(11)9-17/h1-3,6,11-12,16H,4-5,7-9H2/t11-,12+/m1/s1. The van der Waals surface area contributed by atoms with E-state index in [9.17, 15) is 4.79 Å². The van der Waals surface area contributed by atoms with Crippen LogP contribution in [0.2, 0.25) is 5.02 Å². The van der Waals surface area contributed by atoms with Crippen LogP contribution in [-0.4, -0.2) is 37.0 Å². The lowest BCUT2D eigenvalue weighted by Crippen LogP contribution is -2.43. The largest absolute Gasteiger partial charge is 0.338 e. The lowest BCUT2D eigenvalue weighted by Gasteiger charge is -2.34. The quantitative estimate of drug-likeness (QED) is 0.842. The Morgan fingerprint density at radius 1 is 1.33 bits per heavy atom. The number of piperidine rings is 1. The van der Waals surface area contributed by atoms with Crippen LogP contribution in [0.1, 0.15) is 16.8 Å². The molecule has 1 amide bonds. The summed E-state index contributed by atoms with van der Waals surface area (Å²) in [6, 6.07) is 7.22. The van der Waals surface area contributed by atoms with Crippen LogP contribution >= 0.6 is 11.6 Å². The van der Waals surface area contributed by atoms with Gasteiger partial charge in [-0.2, -0.15) is 0 Å². The topological polar surface area (TPSA) is 32.3 Å². The molecule has 2 aliphatic rings. The molecular formula is C14H17ClN2O. The Balaban J connectivity index is 1.73. The van der Waals surface area contributed by atoms with Gasteiger partial charge in [-0.15, -0.1) is 0 Å². The number of rotatable bonds is 1. The second-order valence-corrected chi connectivity index (χ2v) is 5.67. The molecule has 2 heterocycles. The van der Waals surface area contributed by atoms with Gasteiger partial charge in [0.05, 0.1) is 0 Å². The van der Waals surface area contributed by atoms with Crippen LogP contribution in [-0.2, 0) is 0 Å². The molecule has 0 bridgehead atoms. The molecule has 18 heavy (non-hydrogen) atoms. The predicted molar refractivity (Wildman–Crippen MR) is 71.8 cm³/mol. The highest BCUT2D eigenvalue weighted by atomic mass is 35.5. The number of fused-ring (bicyclic) bond motifs is 1. The van der Waals surface area contributed by atoms with E-state index in [2.05, 4.69) is 5.32 Å². The molecule has 2 aliphatic heterocycles. The summed E-state index contributed by atoms with van der Waals surface area (Å²) in [5.74, 6) is 1.50.